The van der Waals surface area contributed by atoms with Crippen molar-refractivity contribution in [2.24, 2.45) is 5.92 Å². The summed E-state index contributed by atoms with van der Waals surface area (Å²) in [4.78, 5) is 0.295. The number of nitrogens with two attached hydrogens (primary N) is 1. The number of hydrogen-bond donors (Lipinski definition) is 1. The van der Waals surface area contributed by atoms with Gasteiger partial charge in [-0.3, -0.25) is 0 Å². The minimum Gasteiger partial charge on any atom is -0.399 e. The maximum Gasteiger partial charge on any atom is 0.244 e. The molecule has 2 rings (SSSR count). The van der Waals surface area contributed by atoms with E-state index in [0.717, 1.165) is 12.8 Å². The van der Waals surface area contributed by atoms with Gasteiger partial charge >= 0.3 is 0 Å². The van der Waals surface area contributed by atoms with E-state index in [4.69, 9.17) is 5.73 Å². The molecule has 6 heteroatoms. The lowest BCUT2D eigenvalue weighted by Gasteiger charge is -2.35. The molecule has 2 unspecified atom stereocenters. The average molecular weight is 347 g/mol. The van der Waals surface area contributed by atoms with Crippen LogP contribution in [0.1, 0.15) is 26.7 Å². The predicted octanol–water partition coefficient (Wildman–Crippen LogP) is 2.84. The zero-order chi connectivity index (χ0) is 14.2. The summed E-state index contributed by atoms with van der Waals surface area (Å²) in [5, 5.41) is 0. The van der Waals surface area contributed by atoms with Gasteiger partial charge in [0.05, 0.1) is 4.90 Å². The maximum absolute atomic E-state index is 12.7. The van der Waals surface area contributed by atoms with Gasteiger partial charge in [0, 0.05) is 22.7 Å². The van der Waals surface area contributed by atoms with Crippen molar-refractivity contribution >= 4 is 31.6 Å². The van der Waals surface area contributed by atoms with Crippen molar-refractivity contribution in [1.82, 2.24) is 4.31 Å². The van der Waals surface area contributed by atoms with E-state index in [1.54, 1.807) is 22.5 Å². The van der Waals surface area contributed by atoms with Crippen molar-refractivity contribution in [1.29, 1.82) is 0 Å². The second-order valence-corrected chi connectivity index (χ2v) is 8.00. The normalized spacial score (nSPS) is 25.4. The smallest absolute Gasteiger partial charge is 0.244 e. The number of hydrogen-bond acceptors (Lipinski definition) is 3. The van der Waals surface area contributed by atoms with Crippen LogP contribution in [-0.2, 0) is 10.0 Å². The van der Waals surface area contributed by atoms with Crippen LogP contribution in [0.3, 0.4) is 0 Å². The van der Waals surface area contributed by atoms with Crippen LogP contribution in [0.4, 0.5) is 5.69 Å². The Bertz CT molecular complexity index is 574. The summed E-state index contributed by atoms with van der Waals surface area (Å²) < 4.78 is 27.5. The topological polar surface area (TPSA) is 63.4 Å². The van der Waals surface area contributed by atoms with Crippen LogP contribution in [0, 0.1) is 5.92 Å². The Kier molecular flexibility index (Phi) is 4.23. The van der Waals surface area contributed by atoms with Crippen LogP contribution in [0.15, 0.2) is 27.6 Å². The number of piperidine rings is 1. The fourth-order valence-corrected chi connectivity index (χ4v) is 5.31. The second kappa shape index (κ2) is 5.42. The van der Waals surface area contributed by atoms with Gasteiger partial charge in [-0.1, -0.05) is 6.92 Å². The van der Waals surface area contributed by atoms with Gasteiger partial charge < -0.3 is 5.73 Å². The number of nitrogen functional groups attached to an aromatic ring is 1. The highest BCUT2D eigenvalue weighted by atomic mass is 79.9. The zero-order valence-corrected chi connectivity index (χ0v) is 13.5. The quantitative estimate of drug-likeness (QED) is 0.837. The molecule has 4 nitrogen and oxygen atoms in total. The monoisotopic (exact) mass is 346 g/mol. The van der Waals surface area contributed by atoms with Crippen LogP contribution in [0.25, 0.3) is 0 Å². The molecule has 0 aliphatic carbocycles. The number of halogens is 1. The second-order valence-electron chi connectivity index (χ2n) is 5.28. The standard InChI is InChI=1S/C13H19BrN2O2S/c1-9-5-6-16(10(2)7-9)19(17,18)13-4-3-11(15)8-12(13)14/h3-4,8-10H,5-7,15H2,1-2H3. The molecule has 2 N–H and O–H groups in total. The number of rotatable bonds is 2. The van der Waals surface area contributed by atoms with E-state index < -0.39 is 10.0 Å². The summed E-state index contributed by atoms with van der Waals surface area (Å²) in [7, 11) is -3.45. The maximum atomic E-state index is 12.7. The molecule has 0 bridgehead atoms. The molecule has 0 aromatic heterocycles. The summed E-state index contributed by atoms with van der Waals surface area (Å²) in [5.41, 5.74) is 6.20. The van der Waals surface area contributed by atoms with E-state index in [1.807, 2.05) is 6.92 Å². The summed E-state index contributed by atoms with van der Waals surface area (Å²) in [6, 6.07) is 4.86. The van der Waals surface area contributed by atoms with E-state index in [2.05, 4.69) is 22.9 Å². The molecule has 1 aromatic rings. The first kappa shape index (κ1) is 14.8. The third kappa shape index (κ3) is 2.95. The highest BCUT2D eigenvalue weighted by molar-refractivity contribution is 9.10. The Balaban J connectivity index is 2.37. The van der Waals surface area contributed by atoms with E-state index >= 15 is 0 Å². The summed E-state index contributed by atoms with van der Waals surface area (Å²) in [6.07, 6.45) is 1.82. The van der Waals surface area contributed by atoms with Crippen LogP contribution in [-0.4, -0.2) is 25.3 Å². The minimum atomic E-state index is -3.45. The third-order valence-electron chi connectivity index (χ3n) is 3.62. The molecule has 1 aromatic carbocycles. The van der Waals surface area contributed by atoms with Gasteiger partial charge in [-0.2, -0.15) is 4.31 Å². The average Bonchev–Trinajstić information content (AvgIpc) is 2.27. The van der Waals surface area contributed by atoms with Crippen molar-refractivity contribution in [3.05, 3.63) is 22.7 Å². The van der Waals surface area contributed by atoms with Crippen molar-refractivity contribution < 1.29 is 8.42 Å². The van der Waals surface area contributed by atoms with E-state index in [9.17, 15) is 8.42 Å². The molecule has 1 fully saturated rings. The molecule has 19 heavy (non-hydrogen) atoms. The van der Waals surface area contributed by atoms with Gasteiger partial charge in [0.1, 0.15) is 0 Å². The number of sulfonamides is 1. The Hall–Kier alpha value is -0.590. The lowest BCUT2D eigenvalue weighted by atomic mass is 9.95. The van der Waals surface area contributed by atoms with E-state index in [-0.39, 0.29) is 6.04 Å². The summed E-state index contributed by atoms with van der Waals surface area (Å²) >= 11 is 3.30. The molecular formula is C13H19BrN2O2S. The first-order valence-electron chi connectivity index (χ1n) is 6.39. The fraction of sp³-hybridized carbons (Fsp3) is 0.538. The van der Waals surface area contributed by atoms with Crippen molar-refractivity contribution in [3.63, 3.8) is 0 Å². The molecule has 2 atom stereocenters. The van der Waals surface area contributed by atoms with Gasteiger partial charge in [0.2, 0.25) is 10.0 Å². The fourth-order valence-electron chi connectivity index (χ4n) is 2.60. The highest BCUT2D eigenvalue weighted by Crippen LogP contribution is 2.32. The molecule has 1 heterocycles. The number of benzene rings is 1. The Labute approximate surface area is 123 Å². The van der Waals surface area contributed by atoms with Gasteiger partial charge in [-0.25, -0.2) is 8.42 Å². The molecule has 0 amide bonds. The molecular weight excluding hydrogens is 328 g/mol. The number of nitrogens with zero attached hydrogens (tertiary/aromatic N) is 1. The van der Waals surface area contributed by atoms with E-state index in [1.165, 1.54) is 0 Å². The molecule has 1 saturated heterocycles. The zero-order valence-electron chi connectivity index (χ0n) is 11.1. The van der Waals surface area contributed by atoms with Crippen molar-refractivity contribution in [3.8, 4) is 0 Å². The van der Waals surface area contributed by atoms with Gasteiger partial charge in [0.15, 0.2) is 0 Å². The van der Waals surface area contributed by atoms with Crippen LogP contribution < -0.4 is 5.73 Å². The minimum absolute atomic E-state index is 0.0400. The van der Waals surface area contributed by atoms with Crippen LogP contribution in [0.5, 0.6) is 0 Å². The Morgan fingerprint density at radius 1 is 1.37 bits per heavy atom. The van der Waals surface area contributed by atoms with Crippen molar-refractivity contribution in [2.45, 2.75) is 37.6 Å². The Morgan fingerprint density at radius 3 is 2.63 bits per heavy atom. The summed E-state index contributed by atoms with van der Waals surface area (Å²) in [5.74, 6) is 0.580. The molecule has 0 radical (unpaired) electrons. The SMILES string of the molecule is CC1CCN(S(=O)(=O)c2ccc(N)cc2Br)C(C)C1. The first-order valence-corrected chi connectivity index (χ1v) is 8.62. The van der Waals surface area contributed by atoms with Gasteiger partial charge in [-0.15, -0.1) is 0 Å². The number of anilines is 1. The molecule has 0 spiro atoms. The van der Waals surface area contributed by atoms with Gasteiger partial charge in [-0.05, 0) is 59.8 Å². The highest BCUT2D eigenvalue weighted by Gasteiger charge is 2.34. The van der Waals surface area contributed by atoms with Crippen LogP contribution >= 0.6 is 15.9 Å². The van der Waals surface area contributed by atoms with E-state index in [0.29, 0.717) is 27.5 Å². The Morgan fingerprint density at radius 2 is 2.05 bits per heavy atom. The third-order valence-corrected chi connectivity index (χ3v) is 6.61. The van der Waals surface area contributed by atoms with Crippen molar-refractivity contribution in [2.75, 3.05) is 12.3 Å². The largest absolute Gasteiger partial charge is 0.399 e. The molecule has 0 saturated carbocycles. The summed E-state index contributed by atoms with van der Waals surface area (Å²) in [6.45, 7) is 4.72. The van der Waals surface area contributed by atoms with Crippen LogP contribution in [0.2, 0.25) is 0 Å². The lowest BCUT2D eigenvalue weighted by Crippen LogP contribution is -2.44. The predicted molar refractivity (Wildman–Crippen MR) is 80.3 cm³/mol. The lowest BCUT2D eigenvalue weighted by molar-refractivity contribution is 0.220. The van der Waals surface area contributed by atoms with Gasteiger partial charge in [0.25, 0.3) is 0 Å². The molecule has 1 aliphatic rings. The first-order chi connectivity index (χ1) is 8.82. The molecule has 1 aliphatic heterocycles. The molecule has 106 valence electrons.